The van der Waals surface area contributed by atoms with E-state index in [1.54, 1.807) is 0 Å². The lowest BCUT2D eigenvalue weighted by Gasteiger charge is -2.35. The third-order valence-electron chi connectivity index (χ3n) is 6.10. The SMILES string of the molecule is Brc1ccc2c(c1)C1(c3ccccc3CSc3ccccc31)c1ccccc1-2. The van der Waals surface area contributed by atoms with Gasteiger partial charge in [-0.15, -0.1) is 11.8 Å². The molecule has 2 aliphatic rings. The lowest BCUT2D eigenvalue weighted by molar-refractivity contribution is 0.746. The molecule has 4 aromatic rings. The van der Waals surface area contributed by atoms with Crippen LogP contribution in [0.3, 0.4) is 0 Å². The van der Waals surface area contributed by atoms with Crippen molar-refractivity contribution in [1.29, 1.82) is 0 Å². The van der Waals surface area contributed by atoms with Crippen molar-refractivity contribution in [1.82, 2.24) is 0 Å². The summed E-state index contributed by atoms with van der Waals surface area (Å²) < 4.78 is 1.13. The van der Waals surface area contributed by atoms with Crippen LogP contribution in [0.1, 0.15) is 27.8 Å². The number of halogens is 1. The van der Waals surface area contributed by atoms with Crippen molar-refractivity contribution in [2.75, 3.05) is 0 Å². The monoisotopic (exact) mass is 440 g/mol. The van der Waals surface area contributed by atoms with Gasteiger partial charge in [0.2, 0.25) is 0 Å². The molecule has 1 spiro atoms. The van der Waals surface area contributed by atoms with Crippen molar-refractivity contribution in [3.63, 3.8) is 0 Å². The first-order valence-corrected chi connectivity index (χ1v) is 11.3. The average molecular weight is 441 g/mol. The molecule has 1 heterocycles. The molecule has 1 atom stereocenters. The summed E-state index contributed by atoms with van der Waals surface area (Å²) in [5.41, 5.74) is 9.43. The highest BCUT2D eigenvalue weighted by atomic mass is 79.9. The molecule has 28 heavy (non-hydrogen) atoms. The Balaban J connectivity index is 1.87. The maximum atomic E-state index is 3.75. The Kier molecular flexibility index (Phi) is 3.63. The van der Waals surface area contributed by atoms with Crippen molar-refractivity contribution in [3.8, 4) is 11.1 Å². The van der Waals surface area contributed by atoms with Gasteiger partial charge in [-0.25, -0.2) is 0 Å². The maximum Gasteiger partial charge on any atom is 0.0727 e. The van der Waals surface area contributed by atoms with Crippen LogP contribution in [0.25, 0.3) is 11.1 Å². The fraction of sp³-hybridized carbons (Fsp3) is 0.0769. The van der Waals surface area contributed by atoms with Crippen LogP contribution in [0.2, 0.25) is 0 Å². The molecule has 0 aromatic heterocycles. The number of rotatable bonds is 0. The third kappa shape index (κ3) is 2.08. The molecule has 4 aromatic carbocycles. The molecule has 0 saturated carbocycles. The van der Waals surface area contributed by atoms with E-state index in [9.17, 15) is 0 Å². The van der Waals surface area contributed by atoms with E-state index in [1.165, 1.54) is 43.8 Å². The highest BCUT2D eigenvalue weighted by Crippen LogP contribution is 2.60. The standard InChI is InChI=1S/C26H17BrS/c27-18-13-14-20-19-8-2-4-10-22(19)26(24(20)15-18)21-9-3-1-7-17(21)16-28-25-12-6-5-11-23(25)26/h1-15H,16H2. The van der Waals surface area contributed by atoms with Crippen molar-refractivity contribution in [2.24, 2.45) is 0 Å². The van der Waals surface area contributed by atoms with Crippen LogP contribution in [0.5, 0.6) is 0 Å². The molecule has 0 amide bonds. The van der Waals surface area contributed by atoms with E-state index < -0.39 is 0 Å². The van der Waals surface area contributed by atoms with Crippen LogP contribution >= 0.6 is 27.7 Å². The second-order valence-electron chi connectivity index (χ2n) is 7.43. The zero-order valence-corrected chi connectivity index (χ0v) is 17.6. The third-order valence-corrected chi connectivity index (χ3v) is 7.72. The van der Waals surface area contributed by atoms with Gasteiger partial charge in [0.1, 0.15) is 0 Å². The first-order valence-electron chi connectivity index (χ1n) is 9.51. The Morgan fingerprint density at radius 1 is 0.643 bits per heavy atom. The van der Waals surface area contributed by atoms with Gasteiger partial charge in [0.05, 0.1) is 5.41 Å². The molecule has 1 aliphatic carbocycles. The van der Waals surface area contributed by atoms with Crippen molar-refractivity contribution >= 4 is 27.7 Å². The number of benzene rings is 4. The molecule has 6 rings (SSSR count). The van der Waals surface area contributed by atoms with Crippen molar-refractivity contribution in [2.45, 2.75) is 16.1 Å². The summed E-state index contributed by atoms with van der Waals surface area (Å²) in [5, 5.41) is 0. The minimum Gasteiger partial charge on any atom is -0.121 e. The van der Waals surface area contributed by atoms with Gasteiger partial charge >= 0.3 is 0 Å². The van der Waals surface area contributed by atoms with E-state index >= 15 is 0 Å². The summed E-state index contributed by atoms with van der Waals surface area (Å²) in [6, 6.07) is 33.7. The number of thioether (sulfide) groups is 1. The van der Waals surface area contributed by atoms with Crippen molar-refractivity contribution < 1.29 is 0 Å². The van der Waals surface area contributed by atoms with E-state index in [-0.39, 0.29) is 5.41 Å². The van der Waals surface area contributed by atoms with Gasteiger partial charge in [0, 0.05) is 15.1 Å². The van der Waals surface area contributed by atoms with Crippen LogP contribution in [0.15, 0.2) is 100 Å². The molecule has 0 radical (unpaired) electrons. The van der Waals surface area contributed by atoms with E-state index in [1.807, 2.05) is 11.8 Å². The highest BCUT2D eigenvalue weighted by Gasteiger charge is 2.48. The summed E-state index contributed by atoms with van der Waals surface area (Å²) in [5.74, 6) is 1.00. The molecular weight excluding hydrogens is 424 g/mol. The smallest absolute Gasteiger partial charge is 0.0727 e. The molecule has 0 nitrogen and oxygen atoms in total. The Morgan fingerprint density at radius 3 is 2.21 bits per heavy atom. The Bertz CT molecular complexity index is 1190. The summed E-state index contributed by atoms with van der Waals surface area (Å²) in [7, 11) is 0. The van der Waals surface area contributed by atoms with Gasteiger partial charge in [0.15, 0.2) is 0 Å². The molecule has 134 valence electrons. The largest absolute Gasteiger partial charge is 0.121 e. The average Bonchev–Trinajstić information content (AvgIpc) is 2.93. The summed E-state index contributed by atoms with van der Waals surface area (Å²) in [6.07, 6.45) is 0. The number of hydrogen-bond acceptors (Lipinski definition) is 1. The lowest BCUT2D eigenvalue weighted by atomic mass is 9.66. The quantitative estimate of drug-likeness (QED) is 0.241. The maximum absolute atomic E-state index is 3.75. The number of fused-ring (bicyclic) bond motifs is 9. The molecule has 0 fully saturated rings. The van der Waals surface area contributed by atoms with Gasteiger partial charge in [-0.3, -0.25) is 0 Å². The van der Waals surface area contributed by atoms with E-state index in [0.717, 1.165) is 10.2 Å². The van der Waals surface area contributed by atoms with Gasteiger partial charge in [-0.2, -0.15) is 0 Å². The first-order chi connectivity index (χ1) is 13.8. The first kappa shape index (κ1) is 16.6. The summed E-state index contributed by atoms with van der Waals surface area (Å²) in [4.78, 5) is 1.38. The molecule has 2 heteroatoms. The van der Waals surface area contributed by atoms with E-state index in [0.29, 0.717) is 0 Å². The topological polar surface area (TPSA) is 0 Å². The summed E-state index contributed by atoms with van der Waals surface area (Å²) >= 11 is 5.71. The van der Waals surface area contributed by atoms with Crippen LogP contribution < -0.4 is 0 Å². The molecule has 0 bridgehead atoms. The fourth-order valence-electron chi connectivity index (χ4n) is 5.05. The minimum atomic E-state index is -0.271. The molecule has 0 N–H and O–H groups in total. The molecular formula is C26H17BrS. The fourth-order valence-corrected chi connectivity index (χ4v) is 6.52. The predicted octanol–water partition coefficient (Wildman–Crippen LogP) is 7.42. The highest BCUT2D eigenvalue weighted by molar-refractivity contribution is 9.10. The molecule has 1 aliphatic heterocycles. The van der Waals surface area contributed by atoms with Gasteiger partial charge in [-0.1, -0.05) is 88.7 Å². The Morgan fingerprint density at radius 2 is 1.32 bits per heavy atom. The Hall–Kier alpha value is -2.29. The number of hydrogen-bond donors (Lipinski definition) is 0. The molecule has 0 saturated heterocycles. The van der Waals surface area contributed by atoms with Crippen LogP contribution in [-0.2, 0) is 11.2 Å². The van der Waals surface area contributed by atoms with Gasteiger partial charge < -0.3 is 0 Å². The zero-order valence-electron chi connectivity index (χ0n) is 15.2. The van der Waals surface area contributed by atoms with Crippen LogP contribution in [0, 0.1) is 0 Å². The van der Waals surface area contributed by atoms with Crippen LogP contribution in [-0.4, -0.2) is 0 Å². The lowest BCUT2D eigenvalue weighted by Crippen LogP contribution is -2.29. The Labute approximate surface area is 177 Å². The minimum absolute atomic E-state index is 0.271. The second kappa shape index (κ2) is 6.10. The van der Waals surface area contributed by atoms with Gasteiger partial charge in [0.25, 0.3) is 0 Å². The summed E-state index contributed by atoms with van der Waals surface area (Å²) in [6.45, 7) is 0. The normalized spacial score (nSPS) is 18.8. The zero-order chi connectivity index (χ0) is 18.7. The predicted molar refractivity (Wildman–Crippen MR) is 121 cm³/mol. The van der Waals surface area contributed by atoms with Crippen LogP contribution in [0.4, 0.5) is 0 Å². The van der Waals surface area contributed by atoms with E-state index in [2.05, 4.69) is 107 Å². The van der Waals surface area contributed by atoms with Gasteiger partial charge in [-0.05, 0) is 57.1 Å². The van der Waals surface area contributed by atoms with E-state index in [4.69, 9.17) is 0 Å². The molecule has 1 unspecified atom stereocenters. The second-order valence-corrected chi connectivity index (χ2v) is 9.36. The van der Waals surface area contributed by atoms with Crippen molar-refractivity contribution in [3.05, 3.63) is 123 Å².